The molecule has 1 N–H and O–H groups in total. The molecule has 0 bridgehead atoms. The van der Waals surface area contributed by atoms with E-state index in [9.17, 15) is 0 Å². The van der Waals surface area contributed by atoms with Crippen LogP contribution in [-0.4, -0.2) is 15.5 Å². The molecule has 0 unspecified atom stereocenters. The van der Waals surface area contributed by atoms with E-state index in [-0.39, 0.29) is 0 Å². The summed E-state index contributed by atoms with van der Waals surface area (Å²) in [7, 11) is 1.93. The van der Waals surface area contributed by atoms with Crippen LogP contribution in [0.25, 0.3) is 0 Å². The van der Waals surface area contributed by atoms with Crippen molar-refractivity contribution in [3.05, 3.63) is 29.8 Å². The fourth-order valence-electron chi connectivity index (χ4n) is 0.967. The second kappa shape index (κ2) is 9.09. The van der Waals surface area contributed by atoms with E-state index in [4.69, 9.17) is 8.42 Å². The van der Waals surface area contributed by atoms with Gasteiger partial charge in [0, 0.05) is 12.7 Å². The van der Waals surface area contributed by atoms with Gasteiger partial charge < -0.3 is 5.32 Å². The quantitative estimate of drug-likeness (QED) is 0.822. The number of aryl methyl sites for hydroxylation is 1. The maximum atomic E-state index is 8.29. The topological polar surface area (TPSA) is 46.2 Å². The molecule has 2 rings (SSSR count). The number of anilines is 1. The average Bonchev–Trinajstić information content (AvgIpc) is 3.03. The van der Waals surface area contributed by atoms with Crippen LogP contribution >= 0.6 is 0 Å². The minimum Gasteiger partial charge on any atom is -0.388 e. The molecule has 0 spiro atoms. The van der Waals surface area contributed by atoms with Gasteiger partial charge in [0.25, 0.3) is 0 Å². The Balaban J connectivity index is 0.000000266. The zero-order valence-corrected chi connectivity index (χ0v) is 10.8. The van der Waals surface area contributed by atoms with Gasteiger partial charge in [0.15, 0.2) is 0 Å². The maximum absolute atomic E-state index is 8.29. The Morgan fingerprint density at radius 2 is 1.81 bits per heavy atom. The molecular weight excluding hydrogens is 222 g/mol. The summed E-state index contributed by atoms with van der Waals surface area (Å²) in [4.78, 5) is 0. The molecule has 0 radical (unpaired) electrons. The first-order chi connectivity index (χ1) is 7.63. The number of rotatable bonds is 1. The van der Waals surface area contributed by atoms with Crippen molar-refractivity contribution in [2.45, 2.75) is 26.7 Å². The highest BCUT2D eigenvalue weighted by Gasteiger charge is 2.12. The minimum absolute atomic E-state index is 0.750. The Morgan fingerprint density at radius 3 is 2.06 bits per heavy atom. The summed E-state index contributed by atoms with van der Waals surface area (Å²) in [6, 6.07) is 8.29. The van der Waals surface area contributed by atoms with Crippen molar-refractivity contribution in [2.75, 3.05) is 12.4 Å². The highest BCUT2D eigenvalue weighted by molar-refractivity contribution is 7.51. The molecule has 3 nitrogen and oxygen atoms in total. The molecule has 0 aliphatic heterocycles. The van der Waals surface area contributed by atoms with Crippen LogP contribution in [0.3, 0.4) is 0 Å². The van der Waals surface area contributed by atoms with E-state index in [1.165, 1.54) is 24.1 Å². The second-order valence-electron chi connectivity index (χ2n) is 3.87. The molecule has 0 saturated heterocycles. The average molecular weight is 241 g/mol. The highest BCUT2D eigenvalue weighted by atomic mass is 32.1. The van der Waals surface area contributed by atoms with Gasteiger partial charge in [0.2, 0.25) is 0 Å². The van der Waals surface area contributed by atoms with Crippen molar-refractivity contribution in [1.29, 1.82) is 0 Å². The van der Waals surface area contributed by atoms with Crippen molar-refractivity contribution >= 4 is 17.3 Å². The molecule has 16 heavy (non-hydrogen) atoms. The monoisotopic (exact) mass is 241 g/mol. The lowest BCUT2D eigenvalue weighted by Crippen LogP contribution is -1.86. The SMILES string of the molecule is CC1CC1.CNc1cccc(C)c1.O=S=O. The first kappa shape index (κ1) is 14.8. The van der Waals surface area contributed by atoms with E-state index < -0.39 is 11.6 Å². The third-order valence-electron chi connectivity index (χ3n) is 2.17. The van der Waals surface area contributed by atoms with Crippen molar-refractivity contribution in [3.8, 4) is 0 Å². The van der Waals surface area contributed by atoms with Crippen molar-refractivity contribution < 1.29 is 8.42 Å². The molecule has 1 aliphatic rings. The first-order valence-electron chi connectivity index (χ1n) is 5.30. The Morgan fingerprint density at radius 1 is 1.31 bits per heavy atom. The largest absolute Gasteiger partial charge is 0.388 e. The van der Waals surface area contributed by atoms with E-state index >= 15 is 0 Å². The molecule has 0 aromatic heterocycles. The van der Waals surface area contributed by atoms with Crippen LogP contribution in [-0.2, 0) is 11.6 Å². The van der Waals surface area contributed by atoms with Crippen molar-refractivity contribution in [3.63, 3.8) is 0 Å². The van der Waals surface area contributed by atoms with E-state index in [1.807, 2.05) is 19.2 Å². The molecule has 0 heterocycles. The Labute approximate surface area is 101 Å². The van der Waals surface area contributed by atoms with E-state index in [2.05, 4.69) is 31.3 Å². The van der Waals surface area contributed by atoms with Crippen LogP contribution in [0.4, 0.5) is 5.69 Å². The summed E-state index contributed by atoms with van der Waals surface area (Å²) in [6.07, 6.45) is 2.97. The summed E-state index contributed by atoms with van der Waals surface area (Å²) >= 11 is -0.750. The lowest BCUT2D eigenvalue weighted by molar-refractivity contribution is 0.630. The predicted octanol–water partition coefficient (Wildman–Crippen LogP) is 2.78. The van der Waals surface area contributed by atoms with Gasteiger partial charge in [0.05, 0.1) is 0 Å². The molecule has 0 atom stereocenters. The van der Waals surface area contributed by atoms with Gasteiger partial charge in [-0.05, 0) is 30.5 Å². The predicted molar refractivity (Wildman–Crippen MR) is 68.0 cm³/mol. The molecule has 0 amide bonds. The van der Waals surface area contributed by atoms with Gasteiger partial charge in [-0.1, -0.05) is 31.9 Å². The van der Waals surface area contributed by atoms with Gasteiger partial charge >= 0.3 is 11.6 Å². The molecular formula is C12H19NO2S. The van der Waals surface area contributed by atoms with Gasteiger partial charge in [-0.25, -0.2) is 0 Å². The molecule has 90 valence electrons. The fraction of sp³-hybridized carbons (Fsp3) is 0.500. The maximum Gasteiger partial charge on any atom is 0.335 e. The smallest absolute Gasteiger partial charge is 0.335 e. The van der Waals surface area contributed by atoms with Crippen LogP contribution in [0, 0.1) is 12.8 Å². The minimum atomic E-state index is -0.750. The molecule has 1 aromatic carbocycles. The van der Waals surface area contributed by atoms with Crippen LogP contribution in [0.1, 0.15) is 25.3 Å². The van der Waals surface area contributed by atoms with Gasteiger partial charge in [0.1, 0.15) is 0 Å². The summed E-state index contributed by atoms with van der Waals surface area (Å²) in [5.41, 5.74) is 2.47. The summed E-state index contributed by atoms with van der Waals surface area (Å²) < 4.78 is 16.6. The van der Waals surface area contributed by atoms with E-state index in [1.54, 1.807) is 0 Å². The lowest BCUT2D eigenvalue weighted by Gasteiger charge is -1.98. The summed E-state index contributed by atoms with van der Waals surface area (Å²) in [5, 5.41) is 3.07. The normalized spacial score (nSPS) is 12.4. The second-order valence-corrected chi connectivity index (χ2v) is 4.01. The zero-order chi connectivity index (χ0) is 12.4. The van der Waals surface area contributed by atoms with Crippen LogP contribution in [0.15, 0.2) is 24.3 Å². The fourth-order valence-corrected chi connectivity index (χ4v) is 0.967. The third-order valence-corrected chi connectivity index (χ3v) is 2.17. The molecule has 1 fully saturated rings. The van der Waals surface area contributed by atoms with Gasteiger partial charge in [-0.2, -0.15) is 8.42 Å². The van der Waals surface area contributed by atoms with Crippen LogP contribution in [0.2, 0.25) is 0 Å². The Hall–Kier alpha value is -1.16. The van der Waals surface area contributed by atoms with E-state index in [0.29, 0.717) is 0 Å². The number of hydrogen-bond donors (Lipinski definition) is 1. The van der Waals surface area contributed by atoms with Crippen LogP contribution < -0.4 is 5.32 Å². The summed E-state index contributed by atoms with van der Waals surface area (Å²) in [5.74, 6) is 1.08. The van der Waals surface area contributed by atoms with Crippen LogP contribution in [0.5, 0.6) is 0 Å². The molecule has 1 aliphatic carbocycles. The number of hydrogen-bond acceptors (Lipinski definition) is 3. The highest BCUT2D eigenvalue weighted by Crippen LogP contribution is 2.26. The number of benzene rings is 1. The first-order valence-corrected chi connectivity index (χ1v) is 5.97. The van der Waals surface area contributed by atoms with Crippen molar-refractivity contribution in [1.82, 2.24) is 0 Å². The van der Waals surface area contributed by atoms with Gasteiger partial charge in [-0.15, -0.1) is 0 Å². The number of nitrogens with one attached hydrogen (secondary N) is 1. The molecule has 1 saturated carbocycles. The Kier molecular flexibility index (Phi) is 8.43. The molecule has 4 heteroatoms. The van der Waals surface area contributed by atoms with Crippen molar-refractivity contribution in [2.24, 2.45) is 5.92 Å². The third kappa shape index (κ3) is 9.40. The standard InChI is InChI=1S/C8H11N.C4H8.O2S/c1-7-4-3-5-8(6-7)9-2;1-4-2-3-4;1-3-2/h3-6,9H,1-2H3;4H,2-3H2,1H3;. The zero-order valence-electron chi connectivity index (χ0n) is 10.0. The lowest BCUT2D eigenvalue weighted by atomic mass is 10.2. The van der Waals surface area contributed by atoms with E-state index in [0.717, 1.165) is 5.92 Å². The molecule has 1 aromatic rings. The summed E-state index contributed by atoms with van der Waals surface area (Å²) in [6.45, 7) is 4.36. The Bertz CT molecular complexity index is 332. The van der Waals surface area contributed by atoms with Gasteiger partial charge in [-0.3, -0.25) is 0 Å².